The van der Waals surface area contributed by atoms with Crippen LogP contribution in [0.1, 0.15) is 83.7 Å². The molecule has 0 saturated carbocycles. The smallest absolute Gasteiger partial charge is 0.181 e. The molecule has 1 aromatic rings. The minimum absolute atomic E-state index is 0. The predicted molar refractivity (Wildman–Crippen MR) is 87.9 cm³/mol. The van der Waals surface area contributed by atoms with E-state index in [0.29, 0.717) is 0 Å². The van der Waals surface area contributed by atoms with Crippen LogP contribution < -0.4 is 17.0 Å². The third-order valence-corrected chi connectivity index (χ3v) is 4.04. The number of nitrogens with zero attached hydrogens (tertiary/aromatic N) is 1. The van der Waals surface area contributed by atoms with Gasteiger partial charge in [-0.2, -0.15) is 0 Å². The minimum atomic E-state index is 0. The second kappa shape index (κ2) is 14.4. The molecular formula is C19H34ClN. The van der Waals surface area contributed by atoms with Gasteiger partial charge in [0.25, 0.3) is 0 Å². The molecule has 0 aromatic carbocycles. The molecule has 2 heteroatoms. The van der Waals surface area contributed by atoms with E-state index in [9.17, 15) is 0 Å². The van der Waals surface area contributed by atoms with Crippen LogP contribution in [0.2, 0.25) is 0 Å². The van der Waals surface area contributed by atoms with E-state index in [0.717, 1.165) is 0 Å². The Morgan fingerprint density at radius 1 is 0.762 bits per heavy atom. The van der Waals surface area contributed by atoms with Crippen molar-refractivity contribution in [3.63, 3.8) is 0 Å². The van der Waals surface area contributed by atoms with E-state index < -0.39 is 0 Å². The molecule has 0 unspecified atom stereocenters. The molecule has 0 fully saturated rings. The quantitative estimate of drug-likeness (QED) is 0.412. The Kier molecular flexibility index (Phi) is 14.0. The third kappa shape index (κ3) is 9.90. The van der Waals surface area contributed by atoms with E-state index in [1.54, 1.807) is 0 Å². The average Bonchev–Trinajstić information content (AvgIpc) is 2.47. The van der Waals surface area contributed by atoms with Gasteiger partial charge in [-0.3, -0.25) is 0 Å². The van der Waals surface area contributed by atoms with Crippen LogP contribution in [0.4, 0.5) is 0 Å². The average molecular weight is 312 g/mol. The lowest BCUT2D eigenvalue weighted by Crippen LogP contribution is -3.00. The van der Waals surface area contributed by atoms with Crippen molar-refractivity contribution in [2.45, 2.75) is 91.0 Å². The van der Waals surface area contributed by atoms with E-state index in [1.165, 1.54) is 82.9 Å². The van der Waals surface area contributed by atoms with Gasteiger partial charge in [-0.15, -0.1) is 0 Å². The highest BCUT2D eigenvalue weighted by molar-refractivity contribution is 4.97. The van der Waals surface area contributed by atoms with Crippen molar-refractivity contribution in [2.24, 2.45) is 0 Å². The number of hydrogen-bond acceptors (Lipinski definition) is 0. The molecule has 0 N–H and O–H groups in total. The molecule has 0 bridgehead atoms. The normalized spacial score (nSPS) is 10.4. The van der Waals surface area contributed by atoms with Gasteiger partial charge in [0.2, 0.25) is 0 Å². The third-order valence-electron chi connectivity index (χ3n) is 4.04. The van der Waals surface area contributed by atoms with Crippen molar-refractivity contribution in [3.8, 4) is 0 Å². The number of aromatic nitrogens is 1. The molecule has 1 nitrogen and oxygen atoms in total. The molecule has 0 atom stereocenters. The Bertz CT molecular complexity index is 338. The molecule has 0 aliphatic rings. The second-order valence-electron chi connectivity index (χ2n) is 5.96. The van der Waals surface area contributed by atoms with Crippen molar-refractivity contribution in [1.29, 1.82) is 0 Å². The van der Waals surface area contributed by atoms with E-state index in [1.807, 2.05) is 0 Å². The maximum absolute atomic E-state index is 2.45. The molecule has 0 saturated heterocycles. The fraction of sp³-hybridized carbons (Fsp3) is 0.737. The van der Waals surface area contributed by atoms with Gasteiger partial charge in [-0.25, -0.2) is 4.57 Å². The number of aryl methyl sites for hydroxylation is 2. The Labute approximate surface area is 138 Å². The summed E-state index contributed by atoms with van der Waals surface area (Å²) in [5.74, 6) is 0. The molecule has 1 heterocycles. The Morgan fingerprint density at radius 3 is 2.00 bits per heavy atom. The summed E-state index contributed by atoms with van der Waals surface area (Å²) in [4.78, 5) is 0. The summed E-state index contributed by atoms with van der Waals surface area (Å²) in [5, 5.41) is 0. The molecule has 21 heavy (non-hydrogen) atoms. The Hall–Kier alpha value is -0.560. The van der Waals surface area contributed by atoms with E-state index in [4.69, 9.17) is 0 Å². The van der Waals surface area contributed by atoms with Crippen LogP contribution >= 0.6 is 0 Å². The van der Waals surface area contributed by atoms with Crippen molar-refractivity contribution in [1.82, 2.24) is 0 Å². The van der Waals surface area contributed by atoms with Crippen LogP contribution in [-0.2, 0) is 13.0 Å². The number of unbranched alkanes of at least 4 members (excludes halogenated alkanes) is 8. The highest BCUT2D eigenvalue weighted by Gasteiger charge is 2.07. The summed E-state index contributed by atoms with van der Waals surface area (Å²) in [6.45, 7) is 5.75. The fourth-order valence-corrected chi connectivity index (χ4v) is 2.81. The topological polar surface area (TPSA) is 3.88 Å². The molecule has 122 valence electrons. The predicted octanol–water partition coefficient (Wildman–Crippen LogP) is 2.46. The zero-order chi connectivity index (χ0) is 14.5. The van der Waals surface area contributed by atoms with Gasteiger partial charge in [-0.05, 0) is 12.8 Å². The van der Waals surface area contributed by atoms with Crippen LogP contribution in [0.15, 0.2) is 24.4 Å². The monoisotopic (exact) mass is 311 g/mol. The first-order chi connectivity index (χ1) is 9.88. The maximum atomic E-state index is 2.45. The summed E-state index contributed by atoms with van der Waals surface area (Å²) in [6.07, 6.45) is 17.4. The lowest BCUT2D eigenvalue weighted by molar-refractivity contribution is -0.704. The number of hydrogen-bond donors (Lipinski definition) is 0. The van der Waals surface area contributed by atoms with Crippen LogP contribution in [0, 0.1) is 0 Å². The summed E-state index contributed by atoms with van der Waals surface area (Å²) >= 11 is 0. The zero-order valence-corrected chi connectivity index (χ0v) is 14.9. The minimum Gasteiger partial charge on any atom is -1.00 e. The van der Waals surface area contributed by atoms with Crippen molar-refractivity contribution in [2.75, 3.05) is 0 Å². The lowest BCUT2D eigenvalue weighted by Gasteiger charge is -2.03. The molecule has 1 rings (SSSR count). The van der Waals surface area contributed by atoms with Gasteiger partial charge in [0, 0.05) is 25.0 Å². The highest BCUT2D eigenvalue weighted by Crippen LogP contribution is 2.09. The van der Waals surface area contributed by atoms with E-state index >= 15 is 0 Å². The van der Waals surface area contributed by atoms with E-state index in [2.05, 4.69) is 42.8 Å². The van der Waals surface area contributed by atoms with Crippen LogP contribution in [0.3, 0.4) is 0 Å². The van der Waals surface area contributed by atoms with E-state index in [-0.39, 0.29) is 12.4 Å². The molecule has 0 aliphatic heterocycles. The number of pyridine rings is 1. The second-order valence-corrected chi connectivity index (χ2v) is 5.96. The molecule has 0 amide bonds. The molecular weight excluding hydrogens is 278 g/mol. The number of rotatable bonds is 12. The standard InChI is InChI=1S/C19H34N.ClH/c1-3-5-6-7-8-9-10-11-13-17-20-18-14-12-16-19(20)15-4-2;/h12,14,16,18H,3-11,13,15,17H2,1-2H3;1H/q+1;/p-1. The van der Waals surface area contributed by atoms with Crippen LogP contribution in [0.5, 0.6) is 0 Å². The summed E-state index contributed by atoms with van der Waals surface area (Å²) in [7, 11) is 0. The van der Waals surface area contributed by atoms with Gasteiger partial charge < -0.3 is 12.4 Å². The largest absolute Gasteiger partial charge is 1.00 e. The zero-order valence-electron chi connectivity index (χ0n) is 14.1. The molecule has 0 aliphatic carbocycles. The highest BCUT2D eigenvalue weighted by atomic mass is 35.5. The summed E-state index contributed by atoms with van der Waals surface area (Å²) in [6, 6.07) is 6.60. The van der Waals surface area contributed by atoms with Gasteiger partial charge in [0.05, 0.1) is 0 Å². The van der Waals surface area contributed by atoms with Crippen molar-refractivity contribution >= 4 is 0 Å². The molecule has 0 spiro atoms. The van der Waals surface area contributed by atoms with Gasteiger partial charge in [-0.1, -0.05) is 64.9 Å². The molecule has 0 radical (unpaired) electrons. The van der Waals surface area contributed by atoms with Crippen LogP contribution in [-0.4, -0.2) is 0 Å². The Morgan fingerprint density at radius 2 is 1.38 bits per heavy atom. The first kappa shape index (κ1) is 20.4. The van der Waals surface area contributed by atoms with Gasteiger partial charge >= 0.3 is 0 Å². The SMILES string of the molecule is CCCCCCCCCCC[n+]1ccccc1CCC.[Cl-]. The summed E-state index contributed by atoms with van der Waals surface area (Å²) in [5.41, 5.74) is 1.49. The lowest BCUT2D eigenvalue weighted by atomic mass is 10.1. The maximum Gasteiger partial charge on any atom is 0.181 e. The first-order valence-electron chi connectivity index (χ1n) is 8.85. The number of halogens is 1. The molecule has 1 aromatic heterocycles. The van der Waals surface area contributed by atoms with Crippen molar-refractivity contribution < 1.29 is 17.0 Å². The van der Waals surface area contributed by atoms with Crippen molar-refractivity contribution in [3.05, 3.63) is 30.1 Å². The van der Waals surface area contributed by atoms with Gasteiger partial charge in [0.1, 0.15) is 6.54 Å². The van der Waals surface area contributed by atoms with Gasteiger partial charge in [0.15, 0.2) is 11.9 Å². The first-order valence-corrected chi connectivity index (χ1v) is 8.85. The fourth-order valence-electron chi connectivity index (χ4n) is 2.81. The Balaban J connectivity index is 0.00000400. The van der Waals surface area contributed by atoms with Crippen LogP contribution in [0.25, 0.3) is 0 Å². The summed E-state index contributed by atoms with van der Waals surface area (Å²) < 4.78 is 2.45.